The van der Waals surface area contributed by atoms with Crippen LogP contribution in [0.3, 0.4) is 0 Å². The predicted octanol–water partition coefficient (Wildman–Crippen LogP) is 7.62. The number of amides is 1. The van der Waals surface area contributed by atoms with Gasteiger partial charge in [0.15, 0.2) is 0 Å². The average Bonchev–Trinajstić information content (AvgIpc) is 3.06. The van der Waals surface area contributed by atoms with Crippen LogP contribution in [0.15, 0.2) is 53.4 Å². The number of ether oxygens (including phenoxy) is 1. The minimum atomic E-state index is -1.00. The lowest BCUT2D eigenvalue weighted by atomic mass is 9.85. The van der Waals surface area contributed by atoms with Gasteiger partial charge in [0.25, 0.3) is 5.91 Å². The minimum Gasteiger partial charge on any atom is -0.495 e. The van der Waals surface area contributed by atoms with Crippen molar-refractivity contribution in [3.8, 4) is 11.8 Å². The third kappa shape index (κ3) is 7.58. The lowest BCUT2D eigenvalue weighted by Crippen LogP contribution is -2.37. The summed E-state index contributed by atoms with van der Waals surface area (Å²) in [7, 11) is 2.36. The minimum absolute atomic E-state index is 0.0237. The number of hydrogen-bond donors (Lipinski definition) is 0. The number of hydrogen-bond acceptors (Lipinski definition) is 5. The van der Waals surface area contributed by atoms with Crippen LogP contribution < -0.4 is 4.74 Å². The molecule has 45 heavy (non-hydrogen) atoms. The number of fused-ring (bicyclic) bond motifs is 1. The van der Waals surface area contributed by atoms with Gasteiger partial charge in [0.05, 0.1) is 39.1 Å². The van der Waals surface area contributed by atoms with E-state index in [1.165, 1.54) is 12.7 Å². The third-order valence-electron chi connectivity index (χ3n) is 9.45. The number of methoxy groups -OCH3 is 1. The van der Waals surface area contributed by atoms with Crippen LogP contribution >= 0.6 is 23.2 Å². The molecule has 0 spiro atoms. The maximum absolute atomic E-state index is 14.2. The van der Waals surface area contributed by atoms with Crippen molar-refractivity contribution in [2.45, 2.75) is 61.7 Å². The first kappa shape index (κ1) is 33.5. The van der Waals surface area contributed by atoms with E-state index in [1.807, 2.05) is 49.5 Å². The van der Waals surface area contributed by atoms with Gasteiger partial charge in [-0.25, -0.2) is 0 Å². The average molecular weight is 667 g/mol. The number of piperidine rings is 1. The Hall–Kier alpha value is -2.89. The Morgan fingerprint density at radius 2 is 1.84 bits per heavy atom. The molecule has 1 unspecified atom stereocenters. The molecular formula is C36H41Cl2N3O3S. The molecular weight excluding hydrogens is 625 g/mol. The molecule has 0 N–H and O–H groups in total. The van der Waals surface area contributed by atoms with E-state index in [0.29, 0.717) is 39.4 Å². The Morgan fingerprint density at radius 1 is 1.11 bits per heavy atom. The molecule has 9 heteroatoms. The van der Waals surface area contributed by atoms with Crippen LogP contribution in [0.25, 0.3) is 0 Å². The monoisotopic (exact) mass is 665 g/mol. The molecule has 1 fully saturated rings. The SMILES string of the molecule is COc1c(C#N)cc2c(c1C(=O)N(C)C[C@@H](CCN1CCC(c3ccccc3S(C)=O)CC1)c1ccc(Cl)c(Cl)c1)CCCC2. The van der Waals surface area contributed by atoms with Crippen molar-refractivity contribution in [3.05, 3.63) is 92.0 Å². The highest BCUT2D eigenvalue weighted by Gasteiger charge is 2.30. The molecule has 0 radical (unpaired) electrons. The van der Waals surface area contributed by atoms with Gasteiger partial charge in [-0.15, -0.1) is 0 Å². The summed E-state index contributed by atoms with van der Waals surface area (Å²) in [5, 5.41) is 10.9. The van der Waals surface area contributed by atoms with E-state index in [9.17, 15) is 14.3 Å². The summed E-state index contributed by atoms with van der Waals surface area (Å²) < 4.78 is 18.0. The maximum atomic E-state index is 14.2. The molecule has 0 saturated carbocycles. The Kier molecular flexibility index (Phi) is 11.3. The van der Waals surface area contributed by atoms with Crippen LogP contribution in [-0.2, 0) is 23.6 Å². The van der Waals surface area contributed by atoms with E-state index in [-0.39, 0.29) is 11.8 Å². The second kappa shape index (κ2) is 15.1. The summed E-state index contributed by atoms with van der Waals surface area (Å²) in [4.78, 5) is 19.4. The van der Waals surface area contributed by atoms with Gasteiger partial charge >= 0.3 is 0 Å². The first-order valence-electron chi connectivity index (χ1n) is 15.7. The number of carbonyl (C=O) groups excluding carboxylic acids is 1. The van der Waals surface area contributed by atoms with Gasteiger partial charge in [-0.1, -0.05) is 47.5 Å². The number of nitrogens with zero attached hydrogens (tertiary/aromatic N) is 3. The molecule has 1 heterocycles. The first-order valence-corrected chi connectivity index (χ1v) is 18.0. The second-order valence-electron chi connectivity index (χ2n) is 12.2. The van der Waals surface area contributed by atoms with Crippen molar-refractivity contribution < 1.29 is 13.7 Å². The lowest BCUT2D eigenvalue weighted by Gasteiger charge is -2.34. The van der Waals surface area contributed by atoms with Gasteiger partial charge in [-0.3, -0.25) is 9.00 Å². The summed E-state index contributed by atoms with van der Waals surface area (Å²) in [6.45, 7) is 3.28. The maximum Gasteiger partial charge on any atom is 0.257 e. The lowest BCUT2D eigenvalue weighted by molar-refractivity contribution is 0.0776. The van der Waals surface area contributed by atoms with Crippen molar-refractivity contribution in [1.29, 1.82) is 5.26 Å². The highest BCUT2D eigenvalue weighted by Crippen LogP contribution is 2.37. The van der Waals surface area contributed by atoms with Crippen LogP contribution in [0.4, 0.5) is 0 Å². The molecule has 3 aromatic rings. The highest BCUT2D eigenvalue weighted by molar-refractivity contribution is 7.84. The number of carbonyl (C=O) groups is 1. The molecule has 3 aromatic carbocycles. The quantitative estimate of drug-likeness (QED) is 0.223. The summed E-state index contributed by atoms with van der Waals surface area (Å²) in [6.07, 6.45) is 8.35. The fraction of sp³-hybridized carbons (Fsp3) is 0.444. The molecule has 0 bridgehead atoms. The largest absolute Gasteiger partial charge is 0.495 e. The number of aryl methyl sites for hydroxylation is 1. The number of rotatable bonds is 10. The highest BCUT2D eigenvalue weighted by atomic mass is 35.5. The van der Waals surface area contributed by atoms with Crippen LogP contribution in [-0.4, -0.2) is 66.5 Å². The normalized spacial score (nSPS) is 16.8. The Labute approximate surface area is 279 Å². The van der Waals surface area contributed by atoms with Crippen molar-refractivity contribution in [2.75, 3.05) is 46.6 Å². The summed E-state index contributed by atoms with van der Waals surface area (Å²) >= 11 is 12.8. The fourth-order valence-corrected chi connectivity index (χ4v) is 8.17. The van der Waals surface area contributed by atoms with E-state index < -0.39 is 10.8 Å². The molecule has 238 valence electrons. The van der Waals surface area contributed by atoms with Gasteiger partial charge in [0, 0.05) is 30.7 Å². The summed E-state index contributed by atoms with van der Waals surface area (Å²) in [5.74, 6) is 0.675. The van der Waals surface area contributed by atoms with Crippen LogP contribution in [0.1, 0.15) is 82.1 Å². The predicted molar refractivity (Wildman–Crippen MR) is 182 cm³/mol. The number of benzene rings is 3. The fourth-order valence-electron chi connectivity index (χ4n) is 7.03. The summed E-state index contributed by atoms with van der Waals surface area (Å²) in [6, 6.07) is 18.0. The number of halogens is 2. The van der Waals surface area contributed by atoms with E-state index in [2.05, 4.69) is 17.0 Å². The molecule has 6 nitrogen and oxygen atoms in total. The number of nitriles is 1. The van der Waals surface area contributed by atoms with Crippen LogP contribution in [0, 0.1) is 11.3 Å². The van der Waals surface area contributed by atoms with Gasteiger partial charge in [0.2, 0.25) is 0 Å². The van der Waals surface area contributed by atoms with Crippen LogP contribution in [0.2, 0.25) is 10.0 Å². The van der Waals surface area contributed by atoms with Crippen molar-refractivity contribution in [3.63, 3.8) is 0 Å². The first-order chi connectivity index (χ1) is 21.7. The second-order valence-corrected chi connectivity index (χ2v) is 14.4. The molecule has 1 saturated heterocycles. The standard InChI is InChI=1S/C36H41Cl2N3O3S/c1-40(36(42)34-30-10-5-4-8-26(30)20-28(22-39)35(34)44-2)23-27(25-12-13-31(37)32(38)21-25)16-19-41-17-14-24(15-18-41)29-9-6-7-11-33(29)45(3)43/h6-7,9,11-13,20-21,24,27H,4-5,8,10,14-19,23H2,1-3H3/t27-,45?/m1/s1. The molecule has 2 aliphatic rings. The zero-order valence-corrected chi connectivity index (χ0v) is 28.6. The summed E-state index contributed by atoms with van der Waals surface area (Å²) in [5.41, 5.74) is 5.27. The van der Waals surface area contributed by atoms with Gasteiger partial charge in [-0.2, -0.15) is 5.26 Å². The molecule has 1 aliphatic heterocycles. The molecule has 0 aromatic heterocycles. The topological polar surface area (TPSA) is 73.6 Å². The van der Waals surface area contributed by atoms with E-state index in [0.717, 1.165) is 86.2 Å². The Balaban J connectivity index is 1.33. The van der Waals surface area contributed by atoms with Gasteiger partial charge in [-0.05, 0) is 117 Å². The zero-order chi connectivity index (χ0) is 32.1. The van der Waals surface area contributed by atoms with Gasteiger partial charge < -0.3 is 14.5 Å². The molecule has 5 rings (SSSR count). The number of likely N-dealkylation sites (tertiary alicyclic amines) is 1. The molecule has 1 aliphatic carbocycles. The van der Waals surface area contributed by atoms with E-state index >= 15 is 0 Å². The molecule has 2 atom stereocenters. The zero-order valence-electron chi connectivity index (χ0n) is 26.3. The smallest absolute Gasteiger partial charge is 0.257 e. The molecule has 1 amide bonds. The Bertz CT molecular complexity index is 1610. The van der Waals surface area contributed by atoms with E-state index in [4.69, 9.17) is 27.9 Å². The Morgan fingerprint density at radius 3 is 2.53 bits per heavy atom. The van der Waals surface area contributed by atoms with Crippen molar-refractivity contribution in [1.82, 2.24) is 9.80 Å². The van der Waals surface area contributed by atoms with Crippen molar-refractivity contribution in [2.24, 2.45) is 0 Å². The van der Waals surface area contributed by atoms with Crippen molar-refractivity contribution >= 4 is 39.9 Å². The third-order valence-corrected chi connectivity index (χ3v) is 11.2. The van der Waals surface area contributed by atoms with E-state index in [1.54, 1.807) is 11.2 Å². The van der Waals surface area contributed by atoms with Gasteiger partial charge in [0.1, 0.15) is 11.8 Å². The number of likely N-dealkylation sites (N-methyl/N-ethyl adjacent to an activating group) is 1. The van der Waals surface area contributed by atoms with Crippen LogP contribution in [0.5, 0.6) is 5.75 Å².